The second kappa shape index (κ2) is 6.56. The molecule has 0 saturated carbocycles. The topological polar surface area (TPSA) is 35.2 Å². The van der Waals surface area contributed by atoms with Crippen molar-refractivity contribution < 1.29 is 4.74 Å². The summed E-state index contributed by atoms with van der Waals surface area (Å²) in [6, 6.07) is 5.74. The standard InChI is InChI=1S/C13H18ClNO/c1-10(2)7-9-16-13-11(6-8-15)4-3-5-12(13)14/h3-5H,1,6-9,15H2,2H3. The minimum atomic E-state index is 0.594. The van der Waals surface area contributed by atoms with Crippen LogP contribution in [-0.2, 0) is 6.42 Å². The number of ether oxygens (including phenoxy) is 1. The predicted octanol–water partition coefficient (Wildman–Crippen LogP) is 3.19. The van der Waals surface area contributed by atoms with Crippen molar-refractivity contribution in [3.8, 4) is 5.75 Å². The van der Waals surface area contributed by atoms with Crippen molar-refractivity contribution in [2.45, 2.75) is 19.8 Å². The lowest BCUT2D eigenvalue weighted by atomic mass is 10.1. The number of rotatable bonds is 6. The molecule has 0 spiro atoms. The molecule has 2 N–H and O–H groups in total. The van der Waals surface area contributed by atoms with Crippen LogP contribution in [0.3, 0.4) is 0 Å². The Labute approximate surface area is 102 Å². The maximum Gasteiger partial charge on any atom is 0.141 e. The first-order valence-corrected chi connectivity index (χ1v) is 5.77. The number of benzene rings is 1. The molecule has 0 fully saturated rings. The van der Waals surface area contributed by atoms with Gasteiger partial charge in [-0.3, -0.25) is 0 Å². The Kier molecular flexibility index (Phi) is 5.36. The molecule has 0 saturated heterocycles. The molecule has 0 aliphatic heterocycles. The van der Waals surface area contributed by atoms with E-state index in [0.717, 1.165) is 29.7 Å². The molecule has 1 aromatic rings. The predicted molar refractivity (Wildman–Crippen MR) is 69.1 cm³/mol. The van der Waals surface area contributed by atoms with Gasteiger partial charge in [-0.15, -0.1) is 6.58 Å². The summed E-state index contributed by atoms with van der Waals surface area (Å²) in [5, 5.41) is 0.646. The summed E-state index contributed by atoms with van der Waals surface area (Å²) in [5.74, 6) is 0.760. The number of hydrogen-bond acceptors (Lipinski definition) is 2. The van der Waals surface area contributed by atoms with Gasteiger partial charge in [-0.25, -0.2) is 0 Å². The molecule has 0 aromatic heterocycles. The van der Waals surface area contributed by atoms with Crippen LogP contribution in [0.1, 0.15) is 18.9 Å². The number of nitrogens with two attached hydrogens (primary N) is 1. The fourth-order valence-electron chi connectivity index (χ4n) is 1.39. The van der Waals surface area contributed by atoms with Gasteiger partial charge in [0, 0.05) is 6.42 Å². The van der Waals surface area contributed by atoms with Crippen molar-refractivity contribution in [3.05, 3.63) is 40.9 Å². The average Bonchev–Trinajstić information content (AvgIpc) is 2.22. The Morgan fingerprint density at radius 3 is 2.88 bits per heavy atom. The van der Waals surface area contributed by atoms with Crippen LogP contribution in [0.2, 0.25) is 5.02 Å². The second-order valence-electron chi connectivity index (χ2n) is 3.82. The summed E-state index contributed by atoms with van der Waals surface area (Å²) >= 11 is 6.09. The summed E-state index contributed by atoms with van der Waals surface area (Å²) in [5.41, 5.74) is 7.71. The third-order valence-electron chi connectivity index (χ3n) is 2.24. The first kappa shape index (κ1) is 13.1. The molecule has 1 rings (SSSR count). The van der Waals surface area contributed by atoms with E-state index >= 15 is 0 Å². The molecule has 0 amide bonds. The normalized spacial score (nSPS) is 10.2. The van der Waals surface area contributed by atoms with Gasteiger partial charge in [0.05, 0.1) is 11.6 Å². The van der Waals surface area contributed by atoms with E-state index in [0.29, 0.717) is 18.2 Å². The van der Waals surface area contributed by atoms with E-state index in [9.17, 15) is 0 Å². The van der Waals surface area contributed by atoms with Crippen LogP contribution in [0, 0.1) is 0 Å². The molecule has 0 unspecified atom stereocenters. The number of hydrogen-bond donors (Lipinski definition) is 1. The smallest absolute Gasteiger partial charge is 0.141 e. The largest absolute Gasteiger partial charge is 0.491 e. The highest BCUT2D eigenvalue weighted by atomic mass is 35.5. The highest BCUT2D eigenvalue weighted by Gasteiger charge is 2.07. The molecule has 0 aliphatic rings. The Bertz CT molecular complexity index is 363. The van der Waals surface area contributed by atoms with Gasteiger partial charge in [0.1, 0.15) is 5.75 Å². The minimum absolute atomic E-state index is 0.594. The fraction of sp³-hybridized carbons (Fsp3) is 0.385. The summed E-state index contributed by atoms with van der Waals surface area (Å²) in [6.45, 7) is 7.02. The third kappa shape index (κ3) is 3.87. The fourth-order valence-corrected chi connectivity index (χ4v) is 1.64. The summed E-state index contributed by atoms with van der Waals surface area (Å²) in [6.07, 6.45) is 1.62. The lowest BCUT2D eigenvalue weighted by Crippen LogP contribution is -2.06. The van der Waals surface area contributed by atoms with E-state index < -0.39 is 0 Å². The van der Waals surface area contributed by atoms with Crippen LogP contribution >= 0.6 is 11.6 Å². The Morgan fingerprint density at radius 1 is 1.50 bits per heavy atom. The van der Waals surface area contributed by atoms with Crippen LogP contribution in [0.25, 0.3) is 0 Å². The summed E-state index contributed by atoms with van der Waals surface area (Å²) in [7, 11) is 0. The van der Waals surface area contributed by atoms with E-state index in [-0.39, 0.29) is 0 Å². The average molecular weight is 240 g/mol. The van der Waals surface area contributed by atoms with Gasteiger partial charge in [-0.2, -0.15) is 0 Å². The van der Waals surface area contributed by atoms with E-state index in [2.05, 4.69) is 6.58 Å². The van der Waals surface area contributed by atoms with Crippen molar-refractivity contribution in [3.63, 3.8) is 0 Å². The van der Waals surface area contributed by atoms with Crippen molar-refractivity contribution in [2.24, 2.45) is 5.73 Å². The maximum absolute atomic E-state index is 6.09. The Morgan fingerprint density at radius 2 is 2.25 bits per heavy atom. The molecule has 0 radical (unpaired) electrons. The molecule has 2 nitrogen and oxygen atoms in total. The van der Waals surface area contributed by atoms with Crippen LogP contribution < -0.4 is 10.5 Å². The van der Waals surface area contributed by atoms with E-state index in [1.54, 1.807) is 0 Å². The SMILES string of the molecule is C=C(C)CCOc1c(Cl)cccc1CCN. The lowest BCUT2D eigenvalue weighted by molar-refractivity contribution is 0.318. The highest BCUT2D eigenvalue weighted by molar-refractivity contribution is 6.32. The quantitative estimate of drug-likeness (QED) is 0.774. The molecule has 0 atom stereocenters. The van der Waals surface area contributed by atoms with Crippen molar-refractivity contribution in [1.82, 2.24) is 0 Å². The van der Waals surface area contributed by atoms with Crippen LogP contribution in [0.15, 0.2) is 30.4 Å². The van der Waals surface area contributed by atoms with Crippen molar-refractivity contribution in [1.29, 1.82) is 0 Å². The Balaban J connectivity index is 2.71. The van der Waals surface area contributed by atoms with E-state index in [4.69, 9.17) is 22.1 Å². The van der Waals surface area contributed by atoms with Gasteiger partial charge in [0.15, 0.2) is 0 Å². The molecule has 0 aliphatic carbocycles. The first-order chi connectivity index (χ1) is 7.65. The maximum atomic E-state index is 6.09. The number of para-hydroxylation sites is 1. The first-order valence-electron chi connectivity index (χ1n) is 5.39. The van der Waals surface area contributed by atoms with Gasteiger partial charge < -0.3 is 10.5 Å². The van der Waals surface area contributed by atoms with Crippen LogP contribution in [0.4, 0.5) is 0 Å². The molecular formula is C13H18ClNO. The minimum Gasteiger partial charge on any atom is -0.491 e. The molecule has 0 bridgehead atoms. The molecule has 88 valence electrons. The molecule has 3 heteroatoms. The highest BCUT2D eigenvalue weighted by Crippen LogP contribution is 2.29. The van der Waals surface area contributed by atoms with Gasteiger partial charge in [0.25, 0.3) is 0 Å². The van der Waals surface area contributed by atoms with E-state index in [1.165, 1.54) is 0 Å². The Hall–Kier alpha value is -0.990. The third-order valence-corrected chi connectivity index (χ3v) is 2.54. The van der Waals surface area contributed by atoms with Crippen LogP contribution in [0.5, 0.6) is 5.75 Å². The molecule has 1 aromatic carbocycles. The molecule has 16 heavy (non-hydrogen) atoms. The molecule has 0 heterocycles. The van der Waals surface area contributed by atoms with Crippen molar-refractivity contribution in [2.75, 3.05) is 13.2 Å². The summed E-state index contributed by atoms with van der Waals surface area (Å²) in [4.78, 5) is 0. The van der Waals surface area contributed by atoms with Gasteiger partial charge in [-0.05, 0) is 31.5 Å². The zero-order chi connectivity index (χ0) is 12.0. The molecular weight excluding hydrogens is 222 g/mol. The zero-order valence-electron chi connectivity index (χ0n) is 9.63. The van der Waals surface area contributed by atoms with Gasteiger partial charge in [-0.1, -0.05) is 29.3 Å². The van der Waals surface area contributed by atoms with E-state index in [1.807, 2.05) is 25.1 Å². The number of halogens is 1. The lowest BCUT2D eigenvalue weighted by Gasteiger charge is -2.12. The second-order valence-corrected chi connectivity index (χ2v) is 4.23. The van der Waals surface area contributed by atoms with Gasteiger partial charge in [0.2, 0.25) is 0 Å². The summed E-state index contributed by atoms with van der Waals surface area (Å²) < 4.78 is 5.68. The van der Waals surface area contributed by atoms with Gasteiger partial charge >= 0.3 is 0 Å². The monoisotopic (exact) mass is 239 g/mol. The van der Waals surface area contributed by atoms with Crippen LogP contribution in [-0.4, -0.2) is 13.2 Å². The zero-order valence-corrected chi connectivity index (χ0v) is 10.4. The van der Waals surface area contributed by atoms with Crippen molar-refractivity contribution >= 4 is 11.6 Å².